The number of carboxylic acid groups (broad SMARTS) is 1. The number of amides is 1. The molecule has 0 spiro atoms. The molecule has 2 unspecified atom stereocenters. The van der Waals surface area contributed by atoms with Crippen molar-refractivity contribution in [3.05, 3.63) is 0 Å². The summed E-state index contributed by atoms with van der Waals surface area (Å²) in [6.45, 7) is 3.68. The van der Waals surface area contributed by atoms with Gasteiger partial charge in [-0.3, -0.25) is 9.59 Å². The Morgan fingerprint density at radius 3 is 2.69 bits per heavy atom. The van der Waals surface area contributed by atoms with E-state index in [9.17, 15) is 9.59 Å². The Morgan fingerprint density at radius 1 is 1.50 bits per heavy atom. The lowest BCUT2D eigenvalue weighted by Crippen LogP contribution is -2.37. The Balaban J connectivity index is 2.22. The van der Waals surface area contributed by atoms with Crippen LogP contribution in [0.4, 0.5) is 0 Å². The van der Waals surface area contributed by atoms with Gasteiger partial charge in [0.2, 0.25) is 5.91 Å². The molecule has 1 saturated heterocycles. The summed E-state index contributed by atoms with van der Waals surface area (Å²) in [6, 6.07) is 0.231. The normalized spacial score (nSPS) is 23.0. The van der Waals surface area contributed by atoms with Gasteiger partial charge in [-0.05, 0) is 25.9 Å². The van der Waals surface area contributed by atoms with Crippen molar-refractivity contribution in [2.24, 2.45) is 5.92 Å². The molecule has 0 saturated carbocycles. The summed E-state index contributed by atoms with van der Waals surface area (Å²) >= 11 is 0. The van der Waals surface area contributed by atoms with Gasteiger partial charge in [0, 0.05) is 25.4 Å². The summed E-state index contributed by atoms with van der Waals surface area (Å²) in [5.74, 6) is -0.980. The molecule has 1 rings (SSSR count). The number of nitrogens with zero attached hydrogens (tertiary/aromatic N) is 1. The minimum Gasteiger partial charge on any atom is -0.481 e. The first-order chi connectivity index (χ1) is 7.47. The van der Waals surface area contributed by atoms with Gasteiger partial charge < -0.3 is 15.3 Å². The lowest BCUT2D eigenvalue weighted by atomic mass is 10.0. The maximum absolute atomic E-state index is 11.6. The minimum absolute atomic E-state index is 0.0333. The Labute approximate surface area is 95.8 Å². The van der Waals surface area contributed by atoms with Crippen molar-refractivity contribution in [3.63, 3.8) is 0 Å². The van der Waals surface area contributed by atoms with Gasteiger partial charge >= 0.3 is 5.97 Å². The summed E-state index contributed by atoms with van der Waals surface area (Å²) in [6.07, 6.45) is 1.33. The number of aliphatic carboxylic acids is 1. The van der Waals surface area contributed by atoms with Crippen LogP contribution in [-0.4, -0.2) is 48.1 Å². The van der Waals surface area contributed by atoms with Crippen LogP contribution in [0.1, 0.15) is 26.2 Å². The van der Waals surface area contributed by atoms with Crippen molar-refractivity contribution in [2.75, 3.05) is 20.1 Å². The van der Waals surface area contributed by atoms with E-state index in [1.54, 1.807) is 6.92 Å². The van der Waals surface area contributed by atoms with Crippen molar-refractivity contribution in [1.29, 1.82) is 0 Å². The molecule has 1 aliphatic heterocycles. The summed E-state index contributed by atoms with van der Waals surface area (Å²) in [4.78, 5) is 24.2. The number of rotatable bonds is 5. The van der Waals surface area contributed by atoms with Crippen LogP contribution in [0.15, 0.2) is 0 Å². The van der Waals surface area contributed by atoms with Crippen LogP contribution in [-0.2, 0) is 9.59 Å². The third-order valence-electron chi connectivity index (χ3n) is 2.81. The van der Waals surface area contributed by atoms with Gasteiger partial charge in [-0.2, -0.15) is 0 Å². The van der Waals surface area contributed by atoms with Crippen molar-refractivity contribution >= 4 is 11.9 Å². The quantitative estimate of drug-likeness (QED) is 0.710. The van der Waals surface area contributed by atoms with E-state index in [1.807, 2.05) is 7.05 Å². The van der Waals surface area contributed by atoms with Crippen molar-refractivity contribution in [1.82, 2.24) is 10.2 Å². The Hall–Kier alpha value is -1.10. The van der Waals surface area contributed by atoms with Crippen LogP contribution in [0.25, 0.3) is 0 Å². The molecule has 1 fully saturated rings. The molecule has 0 aromatic carbocycles. The standard InChI is InChI=1S/C11H20N2O3/c1-8(6-11(15)16)5-10(14)12-9-3-4-13(2)7-9/h8-9H,3-7H2,1-2H3,(H,12,14)(H,15,16). The number of hydrogen-bond acceptors (Lipinski definition) is 3. The SMILES string of the molecule is CC(CC(=O)O)CC(=O)NC1CCN(C)C1. The molecule has 0 aromatic heterocycles. The summed E-state index contributed by atoms with van der Waals surface area (Å²) < 4.78 is 0. The fourth-order valence-corrected chi connectivity index (χ4v) is 2.03. The number of carbonyl (C=O) groups excluding carboxylic acids is 1. The second kappa shape index (κ2) is 5.84. The molecule has 0 bridgehead atoms. The van der Waals surface area contributed by atoms with Gasteiger partial charge in [-0.25, -0.2) is 0 Å². The molecular formula is C11H20N2O3. The molecule has 16 heavy (non-hydrogen) atoms. The fourth-order valence-electron chi connectivity index (χ4n) is 2.03. The molecule has 1 aliphatic rings. The molecule has 0 aromatic rings. The maximum atomic E-state index is 11.6. The van der Waals surface area contributed by atoms with Gasteiger partial charge in [0.25, 0.3) is 0 Å². The number of carbonyl (C=O) groups is 2. The molecule has 1 amide bonds. The van der Waals surface area contributed by atoms with Crippen LogP contribution >= 0.6 is 0 Å². The molecule has 5 nitrogen and oxygen atoms in total. The van der Waals surface area contributed by atoms with Gasteiger partial charge in [0.15, 0.2) is 0 Å². The van der Waals surface area contributed by atoms with Crippen LogP contribution in [0.5, 0.6) is 0 Å². The number of likely N-dealkylation sites (N-methyl/N-ethyl adjacent to an activating group) is 1. The van der Waals surface area contributed by atoms with Crippen LogP contribution in [0.2, 0.25) is 0 Å². The van der Waals surface area contributed by atoms with E-state index in [-0.39, 0.29) is 24.3 Å². The zero-order valence-electron chi connectivity index (χ0n) is 9.90. The second-order valence-electron chi connectivity index (χ2n) is 4.72. The average molecular weight is 228 g/mol. The second-order valence-corrected chi connectivity index (χ2v) is 4.72. The summed E-state index contributed by atoms with van der Waals surface area (Å²) in [7, 11) is 2.03. The number of carboxylic acids is 1. The lowest BCUT2D eigenvalue weighted by Gasteiger charge is -2.14. The van der Waals surface area contributed by atoms with Crippen molar-refractivity contribution < 1.29 is 14.7 Å². The van der Waals surface area contributed by atoms with Crippen LogP contribution in [0.3, 0.4) is 0 Å². The van der Waals surface area contributed by atoms with Crippen molar-refractivity contribution in [3.8, 4) is 0 Å². The largest absolute Gasteiger partial charge is 0.481 e. The lowest BCUT2D eigenvalue weighted by molar-refractivity contribution is -0.138. The molecule has 5 heteroatoms. The number of likely N-dealkylation sites (tertiary alicyclic amines) is 1. The first-order valence-corrected chi connectivity index (χ1v) is 5.67. The van der Waals surface area contributed by atoms with E-state index >= 15 is 0 Å². The summed E-state index contributed by atoms with van der Waals surface area (Å²) in [5.41, 5.74) is 0. The number of nitrogens with one attached hydrogen (secondary N) is 1. The monoisotopic (exact) mass is 228 g/mol. The van der Waals surface area contributed by atoms with E-state index in [4.69, 9.17) is 5.11 Å². The zero-order chi connectivity index (χ0) is 12.1. The van der Waals surface area contributed by atoms with E-state index < -0.39 is 5.97 Å². The van der Waals surface area contributed by atoms with Gasteiger partial charge in [-0.1, -0.05) is 6.92 Å². The van der Waals surface area contributed by atoms with Gasteiger partial charge in [0.05, 0.1) is 0 Å². The van der Waals surface area contributed by atoms with Gasteiger partial charge in [-0.15, -0.1) is 0 Å². The topological polar surface area (TPSA) is 69.6 Å². The molecule has 92 valence electrons. The summed E-state index contributed by atoms with van der Waals surface area (Å²) in [5, 5.41) is 11.5. The third-order valence-corrected chi connectivity index (χ3v) is 2.81. The maximum Gasteiger partial charge on any atom is 0.303 e. The Kier molecular flexibility index (Phi) is 4.73. The minimum atomic E-state index is -0.846. The van der Waals surface area contributed by atoms with Gasteiger partial charge in [0.1, 0.15) is 0 Å². The highest BCUT2D eigenvalue weighted by Gasteiger charge is 2.21. The Morgan fingerprint density at radius 2 is 2.19 bits per heavy atom. The van der Waals surface area contributed by atoms with Crippen LogP contribution in [0, 0.1) is 5.92 Å². The van der Waals surface area contributed by atoms with E-state index in [1.165, 1.54) is 0 Å². The molecule has 2 atom stereocenters. The smallest absolute Gasteiger partial charge is 0.303 e. The highest BCUT2D eigenvalue weighted by atomic mass is 16.4. The predicted molar refractivity (Wildman–Crippen MR) is 60.1 cm³/mol. The average Bonchev–Trinajstić information content (AvgIpc) is 2.48. The van der Waals surface area contributed by atoms with Crippen LogP contribution < -0.4 is 5.32 Å². The molecular weight excluding hydrogens is 208 g/mol. The van der Waals surface area contributed by atoms with Crippen molar-refractivity contribution in [2.45, 2.75) is 32.2 Å². The molecule has 0 aliphatic carbocycles. The fraction of sp³-hybridized carbons (Fsp3) is 0.818. The molecule has 1 heterocycles. The Bertz CT molecular complexity index is 268. The molecule has 2 N–H and O–H groups in total. The highest BCUT2D eigenvalue weighted by Crippen LogP contribution is 2.10. The first-order valence-electron chi connectivity index (χ1n) is 5.67. The predicted octanol–water partition coefficient (Wildman–Crippen LogP) is 0.308. The third kappa shape index (κ3) is 4.61. The van der Waals surface area contributed by atoms with E-state index in [2.05, 4.69) is 10.2 Å². The highest BCUT2D eigenvalue weighted by molar-refractivity contribution is 5.77. The number of hydrogen-bond donors (Lipinski definition) is 2. The van der Waals surface area contributed by atoms with E-state index in [0.29, 0.717) is 6.42 Å². The first kappa shape index (κ1) is 13.0. The molecule has 0 radical (unpaired) electrons. The van der Waals surface area contributed by atoms with E-state index in [0.717, 1.165) is 19.5 Å². The zero-order valence-corrected chi connectivity index (χ0v) is 9.90.